The van der Waals surface area contributed by atoms with Gasteiger partial charge in [0.05, 0.1) is 12.8 Å². The summed E-state index contributed by atoms with van der Waals surface area (Å²) in [6.45, 7) is 0. The Balaban J connectivity index is 2.86. The number of nitrogens with zero attached hydrogens (tertiary/aromatic N) is 1. The molecule has 1 rings (SSSR count). The second kappa shape index (κ2) is 3.25. The number of benzene rings is 1. The molecule has 0 radical (unpaired) electrons. The molecule has 0 atom stereocenters. The predicted octanol–water partition coefficient (Wildman–Crippen LogP) is 1.39. The second-order valence-electron chi connectivity index (χ2n) is 2.20. The second-order valence-corrected chi connectivity index (χ2v) is 2.20. The summed E-state index contributed by atoms with van der Waals surface area (Å²) in [5.41, 5.74) is 0.826. The molecule has 0 fully saturated rings. The van der Waals surface area contributed by atoms with Gasteiger partial charge in [-0.25, -0.2) is 0 Å². The van der Waals surface area contributed by atoms with Crippen molar-refractivity contribution >= 4 is 5.69 Å². The third-order valence-electron chi connectivity index (χ3n) is 1.47. The van der Waals surface area contributed by atoms with Crippen molar-refractivity contribution in [1.82, 2.24) is 0 Å². The summed E-state index contributed by atoms with van der Waals surface area (Å²) in [5.74, 6) is 0.242. The van der Waals surface area contributed by atoms with Crippen LogP contribution in [-0.2, 0) is 4.84 Å². The van der Waals surface area contributed by atoms with E-state index in [4.69, 9.17) is 9.94 Å². The summed E-state index contributed by atoms with van der Waals surface area (Å²) >= 11 is 0. The lowest BCUT2D eigenvalue weighted by Crippen LogP contribution is -2.14. The largest absolute Gasteiger partial charge is 0.508 e. The maximum atomic E-state index is 9.08. The van der Waals surface area contributed by atoms with Gasteiger partial charge in [-0.3, -0.25) is 9.90 Å². The van der Waals surface area contributed by atoms with Crippen LogP contribution in [0.1, 0.15) is 0 Å². The van der Waals surface area contributed by atoms with E-state index in [2.05, 4.69) is 0 Å². The van der Waals surface area contributed by atoms with Gasteiger partial charge in [0, 0.05) is 13.1 Å². The molecule has 0 aliphatic rings. The van der Waals surface area contributed by atoms with Crippen molar-refractivity contribution in [3.8, 4) is 5.75 Å². The van der Waals surface area contributed by atoms with Crippen LogP contribution in [0.3, 0.4) is 0 Å². The Bertz CT molecular complexity index is 237. The summed E-state index contributed by atoms with van der Waals surface area (Å²) in [6, 6.07) is 6.86. The fourth-order valence-electron chi connectivity index (χ4n) is 0.794. The van der Waals surface area contributed by atoms with E-state index in [1.807, 2.05) is 6.07 Å². The Labute approximate surface area is 65.8 Å². The topological polar surface area (TPSA) is 32.7 Å². The molecule has 0 aliphatic heterocycles. The summed E-state index contributed by atoms with van der Waals surface area (Å²) in [6.07, 6.45) is 0. The zero-order valence-electron chi connectivity index (χ0n) is 6.61. The van der Waals surface area contributed by atoms with E-state index in [-0.39, 0.29) is 5.75 Å². The van der Waals surface area contributed by atoms with E-state index in [1.165, 1.54) is 0 Å². The monoisotopic (exact) mass is 153 g/mol. The molecule has 60 valence electrons. The normalized spacial score (nSPS) is 9.64. The van der Waals surface area contributed by atoms with Crippen LogP contribution in [-0.4, -0.2) is 19.3 Å². The van der Waals surface area contributed by atoms with Crippen LogP contribution >= 0.6 is 0 Å². The maximum Gasteiger partial charge on any atom is 0.117 e. The van der Waals surface area contributed by atoms with Crippen molar-refractivity contribution < 1.29 is 9.94 Å². The van der Waals surface area contributed by atoms with Crippen molar-refractivity contribution in [2.75, 3.05) is 19.2 Å². The number of hydrogen-bond acceptors (Lipinski definition) is 3. The van der Waals surface area contributed by atoms with Crippen LogP contribution in [0.5, 0.6) is 5.75 Å². The number of hydroxylamine groups is 1. The minimum atomic E-state index is 0.242. The zero-order valence-corrected chi connectivity index (χ0v) is 6.61. The molecule has 0 unspecified atom stereocenters. The Morgan fingerprint density at radius 1 is 1.45 bits per heavy atom. The third kappa shape index (κ3) is 1.85. The first kappa shape index (κ1) is 7.88. The maximum absolute atomic E-state index is 9.08. The average Bonchev–Trinajstić information content (AvgIpc) is 2.03. The molecular formula is C8H11NO2. The fraction of sp³-hybridized carbons (Fsp3) is 0.250. The van der Waals surface area contributed by atoms with Crippen molar-refractivity contribution in [2.24, 2.45) is 0 Å². The van der Waals surface area contributed by atoms with Gasteiger partial charge in [0.1, 0.15) is 5.75 Å². The molecule has 11 heavy (non-hydrogen) atoms. The van der Waals surface area contributed by atoms with Crippen molar-refractivity contribution in [3.63, 3.8) is 0 Å². The average molecular weight is 153 g/mol. The van der Waals surface area contributed by atoms with Gasteiger partial charge < -0.3 is 5.11 Å². The smallest absolute Gasteiger partial charge is 0.117 e. The SMILES string of the molecule is CON(C)c1cccc(O)c1. The Morgan fingerprint density at radius 3 is 2.73 bits per heavy atom. The minimum Gasteiger partial charge on any atom is -0.508 e. The molecule has 0 amide bonds. The van der Waals surface area contributed by atoms with E-state index in [0.29, 0.717) is 0 Å². The van der Waals surface area contributed by atoms with E-state index in [0.717, 1.165) is 5.69 Å². The molecule has 0 spiro atoms. The highest BCUT2D eigenvalue weighted by atomic mass is 16.7. The van der Waals surface area contributed by atoms with E-state index in [1.54, 1.807) is 37.4 Å². The molecule has 0 aromatic heterocycles. The molecule has 3 nitrogen and oxygen atoms in total. The predicted molar refractivity (Wildman–Crippen MR) is 43.5 cm³/mol. The molecule has 3 heteroatoms. The third-order valence-corrected chi connectivity index (χ3v) is 1.47. The summed E-state index contributed by atoms with van der Waals surface area (Å²) in [7, 11) is 3.35. The Kier molecular flexibility index (Phi) is 2.33. The van der Waals surface area contributed by atoms with Crippen molar-refractivity contribution in [1.29, 1.82) is 0 Å². The van der Waals surface area contributed by atoms with Gasteiger partial charge in [0.2, 0.25) is 0 Å². The molecule has 1 aromatic rings. The van der Waals surface area contributed by atoms with Gasteiger partial charge in [-0.15, -0.1) is 0 Å². The summed E-state index contributed by atoms with van der Waals surface area (Å²) < 4.78 is 0. The fourth-order valence-corrected chi connectivity index (χ4v) is 0.794. The van der Waals surface area contributed by atoms with Gasteiger partial charge in [-0.2, -0.15) is 0 Å². The van der Waals surface area contributed by atoms with Crippen molar-refractivity contribution in [2.45, 2.75) is 0 Å². The van der Waals surface area contributed by atoms with Crippen LogP contribution in [0.2, 0.25) is 0 Å². The molecule has 0 bridgehead atoms. The first-order chi connectivity index (χ1) is 5.24. The number of anilines is 1. The van der Waals surface area contributed by atoms with Gasteiger partial charge in [0.15, 0.2) is 0 Å². The van der Waals surface area contributed by atoms with Crippen LogP contribution in [0.25, 0.3) is 0 Å². The molecule has 0 saturated heterocycles. The highest BCUT2D eigenvalue weighted by Crippen LogP contribution is 2.18. The first-order valence-corrected chi connectivity index (χ1v) is 3.31. The first-order valence-electron chi connectivity index (χ1n) is 3.31. The van der Waals surface area contributed by atoms with Gasteiger partial charge in [-0.1, -0.05) is 6.07 Å². The van der Waals surface area contributed by atoms with Crippen LogP contribution < -0.4 is 5.06 Å². The van der Waals surface area contributed by atoms with E-state index >= 15 is 0 Å². The number of rotatable bonds is 2. The summed E-state index contributed by atoms with van der Waals surface area (Å²) in [5, 5.41) is 10.6. The highest BCUT2D eigenvalue weighted by molar-refractivity contribution is 5.47. The standard InChI is InChI=1S/C8H11NO2/c1-9(11-2)7-4-3-5-8(10)6-7/h3-6,10H,1-2H3. The molecule has 0 aliphatic carbocycles. The molecule has 0 heterocycles. The number of phenols is 1. The minimum absolute atomic E-state index is 0.242. The van der Waals surface area contributed by atoms with E-state index < -0.39 is 0 Å². The van der Waals surface area contributed by atoms with Crippen LogP contribution in [0, 0.1) is 0 Å². The van der Waals surface area contributed by atoms with Crippen LogP contribution in [0.15, 0.2) is 24.3 Å². The number of hydrogen-bond donors (Lipinski definition) is 1. The Hall–Kier alpha value is -1.22. The van der Waals surface area contributed by atoms with E-state index in [9.17, 15) is 0 Å². The quantitative estimate of drug-likeness (QED) is 0.652. The van der Waals surface area contributed by atoms with Gasteiger partial charge in [-0.05, 0) is 12.1 Å². The number of aromatic hydroxyl groups is 1. The lowest BCUT2D eigenvalue weighted by Gasteiger charge is -2.15. The van der Waals surface area contributed by atoms with Gasteiger partial charge in [0.25, 0.3) is 0 Å². The molecule has 0 saturated carbocycles. The van der Waals surface area contributed by atoms with Gasteiger partial charge >= 0.3 is 0 Å². The lowest BCUT2D eigenvalue weighted by atomic mass is 10.3. The summed E-state index contributed by atoms with van der Waals surface area (Å²) in [4.78, 5) is 4.91. The highest BCUT2D eigenvalue weighted by Gasteiger charge is 1.97. The number of phenolic OH excluding ortho intramolecular Hbond substituents is 1. The zero-order chi connectivity index (χ0) is 8.27. The Morgan fingerprint density at radius 2 is 2.18 bits per heavy atom. The molecule has 1 aromatic carbocycles. The molecular weight excluding hydrogens is 142 g/mol. The van der Waals surface area contributed by atoms with Crippen LogP contribution in [0.4, 0.5) is 5.69 Å². The van der Waals surface area contributed by atoms with Crippen molar-refractivity contribution in [3.05, 3.63) is 24.3 Å². The molecule has 1 N–H and O–H groups in total. The lowest BCUT2D eigenvalue weighted by molar-refractivity contribution is 0.184.